The van der Waals surface area contributed by atoms with Gasteiger partial charge in [-0.05, 0) is 24.3 Å². The molecule has 12 heavy (non-hydrogen) atoms. The molecule has 0 atom stereocenters. The van der Waals surface area contributed by atoms with Gasteiger partial charge >= 0.3 is 0 Å². The molecule has 0 amide bonds. The second-order valence-corrected chi connectivity index (χ2v) is 5.33. The van der Waals surface area contributed by atoms with Gasteiger partial charge in [0.1, 0.15) is 4.58 Å². The topological polar surface area (TPSA) is 18.5 Å². The molecule has 2 rings (SSSR count). The van der Waals surface area contributed by atoms with E-state index in [0.29, 0.717) is 0 Å². The molecule has 0 saturated carbocycles. The number of hydrogen-bond donors (Lipinski definition) is 0. The lowest BCUT2D eigenvalue weighted by molar-refractivity contribution is -0.156. The van der Waals surface area contributed by atoms with Crippen molar-refractivity contribution in [2.24, 2.45) is 0 Å². The third-order valence-corrected chi connectivity index (χ3v) is 4.44. The van der Waals surface area contributed by atoms with Crippen molar-refractivity contribution in [1.29, 1.82) is 0 Å². The van der Waals surface area contributed by atoms with Gasteiger partial charge in [-0.3, -0.25) is 0 Å². The van der Waals surface area contributed by atoms with Crippen molar-refractivity contribution in [3.63, 3.8) is 0 Å². The predicted molar refractivity (Wildman–Crippen MR) is 53.1 cm³/mol. The molecule has 0 aromatic heterocycles. The first kappa shape index (κ1) is 9.19. The minimum Gasteiger partial charge on any atom is -0.350 e. The summed E-state index contributed by atoms with van der Waals surface area (Å²) in [6, 6.07) is 0. The SMILES string of the molecule is C1COC([C]2SCCCS2)OC1. The molecule has 2 fully saturated rings. The van der Waals surface area contributed by atoms with Crippen LogP contribution < -0.4 is 0 Å². The van der Waals surface area contributed by atoms with Gasteiger partial charge in [-0.2, -0.15) is 0 Å². The fourth-order valence-corrected chi connectivity index (χ4v) is 3.75. The van der Waals surface area contributed by atoms with Crippen molar-refractivity contribution in [3.8, 4) is 0 Å². The normalized spacial score (nSPS) is 29.0. The summed E-state index contributed by atoms with van der Waals surface area (Å²) in [6.45, 7) is 1.71. The molecule has 2 aliphatic heterocycles. The third-order valence-electron chi connectivity index (χ3n) is 1.80. The van der Waals surface area contributed by atoms with Gasteiger partial charge in [0.15, 0.2) is 6.29 Å². The van der Waals surface area contributed by atoms with Crippen LogP contribution in [-0.2, 0) is 9.47 Å². The van der Waals surface area contributed by atoms with Crippen LogP contribution in [-0.4, -0.2) is 31.0 Å². The molecule has 0 unspecified atom stereocenters. The van der Waals surface area contributed by atoms with Crippen LogP contribution in [0, 0.1) is 4.58 Å². The zero-order chi connectivity index (χ0) is 8.23. The Balaban J connectivity index is 1.80. The molecule has 69 valence electrons. The van der Waals surface area contributed by atoms with Gasteiger partial charge in [0.05, 0.1) is 13.2 Å². The standard InChI is InChI=1S/C8H13O2S2/c1-3-9-7(10-4-1)8-11-5-2-6-12-8/h7H,1-6H2. The molecule has 0 bridgehead atoms. The minimum atomic E-state index is -0.0194. The summed E-state index contributed by atoms with van der Waals surface area (Å²) in [7, 11) is 0. The molecule has 0 aliphatic carbocycles. The summed E-state index contributed by atoms with van der Waals surface area (Å²) in [4.78, 5) is 0. The summed E-state index contributed by atoms with van der Waals surface area (Å²) in [5, 5.41) is 0. The Morgan fingerprint density at radius 3 is 2.33 bits per heavy atom. The lowest BCUT2D eigenvalue weighted by Gasteiger charge is -2.30. The van der Waals surface area contributed by atoms with E-state index in [0.717, 1.165) is 19.6 Å². The zero-order valence-corrected chi connectivity index (χ0v) is 8.59. The summed E-state index contributed by atoms with van der Waals surface area (Å²) >= 11 is 3.80. The van der Waals surface area contributed by atoms with Crippen LogP contribution in [0.4, 0.5) is 0 Å². The molecule has 0 aromatic carbocycles. The van der Waals surface area contributed by atoms with Crippen LogP contribution in [0.3, 0.4) is 0 Å². The molecule has 1 radical (unpaired) electrons. The van der Waals surface area contributed by atoms with E-state index in [2.05, 4.69) is 0 Å². The summed E-state index contributed by atoms with van der Waals surface area (Å²) in [6.07, 6.45) is 2.33. The Morgan fingerprint density at radius 2 is 1.67 bits per heavy atom. The molecule has 0 N–H and O–H groups in total. The smallest absolute Gasteiger partial charge is 0.183 e. The van der Waals surface area contributed by atoms with E-state index in [9.17, 15) is 0 Å². The maximum atomic E-state index is 5.52. The first-order chi connectivity index (χ1) is 5.97. The van der Waals surface area contributed by atoms with Crippen LogP contribution in [0.1, 0.15) is 12.8 Å². The van der Waals surface area contributed by atoms with E-state index in [1.165, 1.54) is 22.5 Å². The Bertz CT molecular complexity index is 115. The van der Waals surface area contributed by atoms with E-state index < -0.39 is 0 Å². The van der Waals surface area contributed by atoms with Crippen molar-refractivity contribution in [2.45, 2.75) is 19.1 Å². The molecule has 4 heteroatoms. The van der Waals surface area contributed by atoms with Gasteiger partial charge in [-0.25, -0.2) is 0 Å². The maximum Gasteiger partial charge on any atom is 0.183 e. The van der Waals surface area contributed by atoms with Crippen molar-refractivity contribution in [2.75, 3.05) is 24.7 Å². The number of thioether (sulfide) groups is 2. The number of ether oxygens (including phenoxy) is 2. The zero-order valence-electron chi connectivity index (χ0n) is 6.95. The Kier molecular flexibility index (Phi) is 3.63. The van der Waals surface area contributed by atoms with Crippen molar-refractivity contribution in [3.05, 3.63) is 4.58 Å². The number of hydrogen-bond acceptors (Lipinski definition) is 4. The molecule has 2 nitrogen and oxygen atoms in total. The van der Waals surface area contributed by atoms with Crippen LogP contribution in [0.25, 0.3) is 0 Å². The van der Waals surface area contributed by atoms with Gasteiger partial charge in [0, 0.05) is 0 Å². The van der Waals surface area contributed by atoms with Crippen LogP contribution in [0.5, 0.6) is 0 Å². The summed E-state index contributed by atoms with van der Waals surface area (Å²) in [5.74, 6) is 2.46. The van der Waals surface area contributed by atoms with Gasteiger partial charge in [0.25, 0.3) is 0 Å². The van der Waals surface area contributed by atoms with Crippen LogP contribution in [0.2, 0.25) is 0 Å². The molecule has 2 saturated heterocycles. The third kappa shape index (κ3) is 2.31. The highest BCUT2D eigenvalue weighted by molar-refractivity contribution is 8.21. The second-order valence-electron chi connectivity index (χ2n) is 2.80. The van der Waals surface area contributed by atoms with E-state index in [4.69, 9.17) is 9.47 Å². The fourth-order valence-electron chi connectivity index (χ4n) is 1.21. The Hall–Kier alpha value is 0.620. The van der Waals surface area contributed by atoms with Crippen LogP contribution in [0.15, 0.2) is 0 Å². The first-order valence-electron chi connectivity index (χ1n) is 4.32. The van der Waals surface area contributed by atoms with E-state index in [1.54, 1.807) is 0 Å². The van der Waals surface area contributed by atoms with Crippen molar-refractivity contribution >= 4 is 23.5 Å². The van der Waals surface area contributed by atoms with Gasteiger partial charge < -0.3 is 9.47 Å². The van der Waals surface area contributed by atoms with Crippen molar-refractivity contribution in [1.82, 2.24) is 0 Å². The highest BCUT2D eigenvalue weighted by atomic mass is 32.2. The molecular weight excluding hydrogens is 192 g/mol. The van der Waals surface area contributed by atoms with Crippen LogP contribution >= 0.6 is 23.5 Å². The lowest BCUT2D eigenvalue weighted by atomic mass is 10.4. The van der Waals surface area contributed by atoms with Gasteiger partial charge in [0.2, 0.25) is 0 Å². The fraction of sp³-hybridized carbons (Fsp3) is 0.875. The molecule has 0 aromatic rings. The highest BCUT2D eigenvalue weighted by Gasteiger charge is 2.28. The highest BCUT2D eigenvalue weighted by Crippen LogP contribution is 2.42. The molecular formula is C8H13O2S2. The average molecular weight is 205 g/mol. The number of rotatable bonds is 1. The maximum absolute atomic E-state index is 5.52. The van der Waals surface area contributed by atoms with Crippen molar-refractivity contribution < 1.29 is 9.47 Å². The van der Waals surface area contributed by atoms with E-state index in [-0.39, 0.29) is 6.29 Å². The van der Waals surface area contributed by atoms with Gasteiger partial charge in [-0.1, -0.05) is 0 Å². The van der Waals surface area contributed by atoms with Gasteiger partial charge in [-0.15, -0.1) is 23.5 Å². The Morgan fingerprint density at radius 1 is 1.00 bits per heavy atom. The quantitative estimate of drug-likeness (QED) is 0.652. The summed E-state index contributed by atoms with van der Waals surface area (Å²) in [5.41, 5.74) is 0. The van der Waals surface area contributed by atoms with E-state index in [1.807, 2.05) is 23.5 Å². The minimum absolute atomic E-state index is 0.0194. The molecule has 2 aliphatic rings. The Labute approximate surface area is 81.8 Å². The average Bonchev–Trinajstić information content (AvgIpc) is 2.21. The second kappa shape index (κ2) is 4.74. The molecule has 2 heterocycles. The summed E-state index contributed by atoms with van der Waals surface area (Å²) < 4.78 is 12.4. The lowest BCUT2D eigenvalue weighted by Crippen LogP contribution is -2.29. The van der Waals surface area contributed by atoms with E-state index >= 15 is 0 Å². The molecule has 0 spiro atoms. The first-order valence-corrected chi connectivity index (χ1v) is 6.29. The predicted octanol–water partition coefficient (Wildman–Crippen LogP) is 2.11. The monoisotopic (exact) mass is 205 g/mol. The largest absolute Gasteiger partial charge is 0.350 e.